The van der Waals surface area contributed by atoms with Gasteiger partial charge in [-0.15, -0.1) is 0 Å². The SMILES string of the molecule is CCC[C@@H](C)[C@H]1CC[C@H]2[C@@H]3CCC4=CCCC[C@]4(C)[C@H]3CC[C@]12C. The van der Waals surface area contributed by atoms with Gasteiger partial charge in [0.2, 0.25) is 0 Å². The molecule has 0 aromatic rings. The Kier molecular flexibility index (Phi) is 4.41. The maximum atomic E-state index is 2.71. The summed E-state index contributed by atoms with van der Waals surface area (Å²) in [5.74, 6) is 5.06. The van der Waals surface area contributed by atoms with Crippen molar-refractivity contribution in [3.8, 4) is 0 Å². The Balaban J connectivity index is 1.59. The van der Waals surface area contributed by atoms with E-state index in [1.165, 1.54) is 64.2 Å². The molecule has 0 spiro atoms. The van der Waals surface area contributed by atoms with Crippen molar-refractivity contribution in [1.82, 2.24) is 0 Å². The summed E-state index contributed by atoms with van der Waals surface area (Å²) < 4.78 is 0. The van der Waals surface area contributed by atoms with Crippen molar-refractivity contribution >= 4 is 0 Å². The van der Waals surface area contributed by atoms with Crippen molar-refractivity contribution in [1.29, 1.82) is 0 Å². The molecule has 0 aromatic heterocycles. The molecule has 0 bridgehead atoms. The number of fused-ring (bicyclic) bond motifs is 5. The van der Waals surface area contributed by atoms with E-state index >= 15 is 0 Å². The molecule has 0 unspecified atom stereocenters. The van der Waals surface area contributed by atoms with Gasteiger partial charge in [0.05, 0.1) is 0 Å². The Bertz CT molecular complexity index is 502. The zero-order valence-corrected chi connectivity index (χ0v) is 16.7. The zero-order chi connectivity index (χ0) is 16.9. The maximum absolute atomic E-state index is 2.71. The van der Waals surface area contributed by atoms with E-state index in [1.54, 1.807) is 6.42 Å². The Morgan fingerprint density at radius 2 is 1.92 bits per heavy atom. The third-order valence-electron chi connectivity index (χ3n) is 9.53. The second kappa shape index (κ2) is 6.17. The summed E-state index contributed by atoms with van der Waals surface area (Å²) in [6, 6.07) is 0. The van der Waals surface area contributed by atoms with Gasteiger partial charge in [-0.2, -0.15) is 0 Å². The quantitative estimate of drug-likeness (QED) is 0.474. The molecule has 0 heteroatoms. The molecule has 0 aliphatic heterocycles. The second-order valence-corrected chi connectivity index (χ2v) is 10.4. The summed E-state index contributed by atoms with van der Waals surface area (Å²) in [6.45, 7) is 10.3. The van der Waals surface area contributed by atoms with Crippen LogP contribution < -0.4 is 0 Å². The van der Waals surface area contributed by atoms with Crippen LogP contribution in [-0.4, -0.2) is 0 Å². The Morgan fingerprint density at radius 1 is 1.08 bits per heavy atom. The molecule has 4 rings (SSSR count). The molecule has 136 valence electrons. The van der Waals surface area contributed by atoms with Gasteiger partial charge in [-0.3, -0.25) is 0 Å². The molecule has 24 heavy (non-hydrogen) atoms. The third kappa shape index (κ3) is 2.38. The van der Waals surface area contributed by atoms with Crippen molar-refractivity contribution in [2.75, 3.05) is 0 Å². The molecule has 4 aliphatic carbocycles. The molecule has 7 atom stereocenters. The van der Waals surface area contributed by atoms with Gasteiger partial charge in [0, 0.05) is 0 Å². The molecule has 0 amide bonds. The number of hydrogen-bond acceptors (Lipinski definition) is 0. The van der Waals surface area contributed by atoms with Crippen LogP contribution >= 0.6 is 0 Å². The van der Waals surface area contributed by atoms with Crippen molar-refractivity contribution in [3.63, 3.8) is 0 Å². The van der Waals surface area contributed by atoms with E-state index in [1.807, 2.05) is 5.57 Å². The minimum Gasteiger partial charge on any atom is -0.0848 e. The number of allylic oxidation sites excluding steroid dienone is 2. The molecule has 4 aliphatic rings. The third-order valence-corrected chi connectivity index (χ3v) is 9.53. The molecule has 3 fully saturated rings. The Morgan fingerprint density at radius 3 is 2.71 bits per heavy atom. The van der Waals surface area contributed by atoms with E-state index in [-0.39, 0.29) is 0 Å². The summed E-state index contributed by atoms with van der Waals surface area (Å²) in [4.78, 5) is 0. The van der Waals surface area contributed by atoms with Crippen LogP contribution in [0.4, 0.5) is 0 Å². The Hall–Kier alpha value is -0.260. The fourth-order valence-corrected chi connectivity index (χ4v) is 8.39. The van der Waals surface area contributed by atoms with E-state index in [0.717, 1.165) is 29.6 Å². The first-order chi connectivity index (χ1) is 11.5. The van der Waals surface area contributed by atoms with Crippen molar-refractivity contribution < 1.29 is 0 Å². The average molecular weight is 329 g/mol. The predicted octanol–water partition coefficient (Wildman–Crippen LogP) is 7.39. The highest BCUT2D eigenvalue weighted by Gasteiger charge is 2.58. The lowest BCUT2D eigenvalue weighted by molar-refractivity contribution is -0.0591. The fourth-order valence-electron chi connectivity index (χ4n) is 8.39. The van der Waals surface area contributed by atoms with Crippen LogP contribution in [0, 0.1) is 40.4 Å². The summed E-state index contributed by atoms with van der Waals surface area (Å²) in [7, 11) is 0. The molecule has 0 saturated heterocycles. The Labute approximate surface area is 150 Å². The van der Waals surface area contributed by atoms with E-state index in [9.17, 15) is 0 Å². The predicted molar refractivity (Wildman–Crippen MR) is 104 cm³/mol. The van der Waals surface area contributed by atoms with E-state index < -0.39 is 0 Å². The van der Waals surface area contributed by atoms with Crippen molar-refractivity contribution in [2.24, 2.45) is 40.4 Å². The summed E-state index contributed by atoms with van der Waals surface area (Å²) in [6.07, 6.45) is 18.8. The normalized spacial score (nSPS) is 48.9. The topological polar surface area (TPSA) is 0 Å². The van der Waals surface area contributed by atoms with Gasteiger partial charge < -0.3 is 0 Å². The summed E-state index contributed by atoms with van der Waals surface area (Å²) in [5.41, 5.74) is 3.12. The first-order valence-corrected chi connectivity index (χ1v) is 11.2. The molecular weight excluding hydrogens is 288 g/mol. The van der Waals surface area contributed by atoms with Crippen LogP contribution in [0.2, 0.25) is 0 Å². The van der Waals surface area contributed by atoms with Crippen LogP contribution in [0.3, 0.4) is 0 Å². The zero-order valence-electron chi connectivity index (χ0n) is 16.7. The lowest BCUT2D eigenvalue weighted by Gasteiger charge is -2.58. The van der Waals surface area contributed by atoms with E-state index in [2.05, 4.69) is 33.8 Å². The largest absolute Gasteiger partial charge is 0.0848 e. The molecule has 0 N–H and O–H groups in total. The molecular formula is C24H40. The summed E-state index contributed by atoms with van der Waals surface area (Å²) >= 11 is 0. The van der Waals surface area contributed by atoms with Gasteiger partial charge in [-0.25, -0.2) is 0 Å². The first kappa shape index (κ1) is 17.2. The van der Waals surface area contributed by atoms with Gasteiger partial charge in [-0.1, -0.05) is 52.2 Å². The maximum Gasteiger partial charge on any atom is -0.00853 e. The molecule has 0 aromatic carbocycles. The molecule has 0 nitrogen and oxygen atoms in total. The average Bonchev–Trinajstić information content (AvgIpc) is 2.92. The van der Waals surface area contributed by atoms with Gasteiger partial charge >= 0.3 is 0 Å². The van der Waals surface area contributed by atoms with Crippen LogP contribution in [0.25, 0.3) is 0 Å². The second-order valence-electron chi connectivity index (χ2n) is 10.4. The first-order valence-electron chi connectivity index (χ1n) is 11.2. The van der Waals surface area contributed by atoms with Crippen molar-refractivity contribution in [3.05, 3.63) is 11.6 Å². The van der Waals surface area contributed by atoms with Gasteiger partial charge in [0.15, 0.2) is 0 Å². The van der Waals surface area contributed by atoms with Crippen LogP contribution in [0.5, 0.6) is 0 Å². The molecule has 3 saturated carbocycles. The standard InChI is InChI=1S/C24H40/c1-5-8-17(2)20-12-13-21-19-11-10-18-9-6-7-15-23(18,3)22(19)14-16-24(20,21)4/h9,17,19-22H,5-8,10-16H2,1-4H3/t17-,19+,20-,21+,22+,23+,24-/m1/s1. The van der Waals surface area contributed by atoms with Crippen LogP contribution in [0.1, 0.15) is 98.3 Å². The minimum absolute atomic E-state index is 0.579. The number of hydrogen-bond donors (Lipinski definition) is 0. The highest BCUT2D eigenvalue weighted by Crippen LogP contribution is 2.67. The molecule has 0 radical (unpaired) electrons. The monoisotopic (exact) mass is 328 g/mol. The highest BCUT2D eigenvalue weighted by molar-refractivity contribution is 5.23. The van der Waals surface area contributed by atoms with E-state index in [0.29, 0.717) is 10.8 Å². The van der Waals surface area contributed by atoms with Crippen LogP contribution in [-0.2, 0) is 0 Å². The fraction of sp³-hybridized carbons (Fsp3) is 0.917. The van der Waals surface area contributed by atoms with Crippen LogP contribution in [0.15, 0.2) is 11.6 Å². The van der Waals surface area contributed by atoms with Crippen molar-refractivity contribution in [2.45, 2.75) is 98.3 Å². The van der Waals surface area contributed by atoms with E-state index in [4.69, 9.17) is 0 Å². The lowest BCUT2D eigenvalue weighted by atomic mass is 9.46. The van der Waals surface area contributed by atoms with Gasteiger partial charge in [-0.05, 0) is 98.2 Å². The highest BCUT2D eigenvalue weighted by atomic mass is 14.6. The minimum atomic E-state index is 0.579. The summed E-state index contributed by atoms with van der Waals surface area (Å²) in [5, 5.41) is 0. The van der Waals surface area contributed by atoms with Gasteiger partial charge in [0.1, 0.15) is 0 Å². The molecule has 0 heterocycles. The lowest BCUT2D eigenvalue weighted by Crippen LogP contribution is -2.50. The van der Waals surface area contributed by atoms with Gasteiger partial charge in [0.25, 0.3) is 0 Å². The number of rotatable bonds is 3. The smallest absolute Gasteiger partial charge is 0.00853 e.